The molecule has 4 aromatic rings. The first-order valence-electron chi connectivity index (χ1n) is 15.5. The Bertz CT molecular complexity index is 1960. The molecule has 0 aliphatic carbocycles. The summed E-state index contributed by atoms with van der Waals surface area (Å²) in [5.74, 6) is -0.560. The van der Waals surface area contributed by atoms with Crippen molar-refractivity contribution in [2.45, 2.75) is 32.4 Å². The van der Waals surface area contributed by atoms with Crippen LogP contribution < -0.4 is 20.4 Å². The summed E-state index contributed by atoms with van der Waals surface area (Å²) in [5.41, 5.74) is 6.09. The van der Waals surface area contributed by atoms with E-state index in [-0.39, 0.29) is 35.1 Å². The maximum Gasteiger partial charge on any atom is 0.290 e. The molecule has 5 rings (SSSR count). The number of phenols is 1. The zero-order valence-corrected chi connectivity index (χ0v) is 27.4. The normalized spacial score (nSPS) is 12.9. The molecule has 1 aromatic heterocycles. The molecular formula is C37H35FN6O6. The molecule has 12 nitrogen and oxygen atoms in total. The largest absolute Gasteiger partial charge is 0.504 e. The highest BCUT2D eigenvalue weighted by atomic mass is 19.1. The zero-order chi connectivity index (χ0) is 36.2. The summed E-state index contributed by atoms with van der Waals surface area (Å²) < 4.78 is 20.0. The molecule has 1 fully saturated rings. The number of ether oxygens (including phenoxy) is 1. The zero-order valence-electron chi connectivity index (χ0n) is 27.4. The van der Waals surface area contributed by atoms with E-state index in [1.807, 2.05) is 30.3 Å². The van der Waals surface area contributed by atoms with Crippen molar-refractivity contribution in [1.29, 1.82) is 10.5 Å². The Morgan fingerprint density at radius 2 is 1.76 bits per heavy atom. The number of rotatable bonds is 9. The summed E-state index contributed by atoms with van der Waals surface area (Å²) in [7, 11) is 1.45. The fraction of sp³-hybridized carbons (Fsp3) is 0.216. The lowest BCUT2D eigenvalue weighted by molar-refractivity contribution is -0.125. The number of carboxylic acid groups (broad SMARTS) is 1. The number of methoxy groups -OCH3 is 1. The number of halogens is 1. The number of nitriles is 2. The van der Waals surface area contributed by atoms with Crippen molar-refractivity contribution in [2.75, 3.05) is 25.1 Å². The van der Waals surface area contributed by atoms with Crippen LogP contribution in [0.3, 0.4) is 0 Å². The maximum absolute atomic E-state index is 14.9. The molecule has 13 heteroatoms. The van der Waals surface area contributed by atoms with Gasteiger partial charge in [-0.3, -0.25) is 14.8 Å². The van der Waals surface area contributed by atoms with E-state index in [0.29, 0.717) is 53.3 Å². The van der Waals surface area contributed by atoms with Gasteiger partial charge in [0, 0.05) is 48.6 Å². The van der Waals surface area contributed by atoms with Crippen LogP contribution in [-0.2, 0) is 16.1 Å². The van der Waals surface area contributed by atoms with Gasteiger partial charge in [0.1, 0.15) is 29.3 Å². The van der Waals surface area contributed by atoms with E-state index in [4.69, 9.17) is 24.8 Å². The second-order valence-corrected chi connectivity index (χ2v) is 11.3. The van der Waals surface area contributed by atoms with E-state index in [2.05, 4.69) is 16.3 Å². The molecule has 0 radical (unpaired) electrons. The third-order valence-electron chi connectivity index (χ3n) is 8.25. The second-order valence-electron chi connectivity index (χ2n) is 11.3. The number of amides is 1. The summed E-state index contributed by atoms with van der Waals surface area (Å²) in [5, 5.41) is 49.5. The van der Waals surface area contributed by atoms with E-state index in [1.54, 1.807) is 42.9 Å². The number of piperidine rings is 1. The lowest BCUT2D eigenvalue weighted by Crippen LogP contribution is -2.42. The summed E-state index contributed by atoms with van der Waals surface area (Å²) >= 11 is 0. The number of nitrogens with one attached hydrogen (secondary N) is 2. The highest BCUT2D eigenvalue weighted by Gasteiger charge is 2.26. The Morgan fingerprint density at radius 3 is 2.34 bits per heavy atom. The Hall–Kier alpha value is -6.28. The lowest BCUT2D eigenvalue weighted by atomic mass is 9.91. The van der Waals surface area contributed by atoms with Crippen molar-refractivity contribution in [3.63, 3.8) is 0 Å². The third kappa shape index (κ3) is 8.59. The van der Waals surface area contributed by atoms with Crippen molar-refractivity contribution in [3.05, 3.63) is 101 Å². The predicted molar refractivity (Wildman–Crippen MR) is 184 cm³/mol. The number of nitrogens with zero attached hydrogens (tertiary/aromatic N) is 4. The topological polar surface area (TPSA) is 192 Å². The molecule has 0 atom stereocenters. The van der Waals surface area contributed by atoms with Crippen LogP contribution in [0.1, 0.15) is 42.0 Å². The van der Waals surface area contributed by atoms with Gasteiger partial charge in [0.2, 0.25) is 0 Å². The van der Waals surface area contributed by atoms with E-state index < -0.39 is 11.7 Å². The highest BCUT2D eigenvalue weighted by Crippen LogP contribution is 2.41. The van der Waals surface area contributed by atoms with Crippen molar-refractivity contribution < 1.29 is 34.1 Å². The Labute approximate surface area is 288 Å². The van der Waals surface area contributed by atoms with Gasteiger partial charge in [-0.15, -0.1) is 0 Å². The van der Waals surface area contributed by atoms with Crippen LogP contribution in [-0.4, -0.2) is 59.0 Å². The van der Waals surface area contributed by atoms with Gasteiger partial charge in [-0.1, -0.05) is 36.4 Å². The van der Waals surface area contributed by atoms with E-state index in [9.17, 15) is 24.8 Å². The summed E-state index contributed by atoms with van der Waals surface area (Å²) in [6.07, 6.45) is 4.93. The molecular weight excluding hydrogens is 643 g/mol. The summed E-state index contributed by atoms with van der Waals surface area (Å²) in [4.78, 5) is 26.7. The van der Waals surface area contributed by atoms with E-state index in [0.717, 1.165) is 24.0 Å². The second kappa shape index (κ2) is 17.2. The average Bonchev–Trinajstić information content (AvgIpc) is 3.14. The van der Waals surface area contributed by atoms with Gasteiger partial charge in [-0.05, 0) is 72.4 Å². The van der Waals surface area contributed by atoms with Crippen LogP contribution in [0.5, 0.6) is 11.5 Å². The van der Waals surface area contributed by atoms with Crippen molar-refractivity contribution in [3.8, 4) is 45.9 Å². The van der Waals surface area contributed by atoms with Gasteiger partial charge in [0.25, 0.3) is 12.4 Å². The number of hydrogen-bond donors (Lipinski definition) is 5. The van der Waals surface area contributed by atoms with Crippen LogP contribution >= 0.6 is 0 Å². The van der Waals surface area contributed by atoms with Crippen molar-refractivity contribution in [2.24, 2.45) is 0 Å². The summed E-state index contributed by atoms with van der Waals surface area (Å²) in [6, 6.07) is 21.3. The molecule has 0 saturated carbocycles. The van der Waals surface area contributed by atoms with Gasteiger partial charge in [-0.25, -0.2) is 14.9 Å². The number of hydrogen-bond acceptors (Lipinski definition) is 10. The minimum atomic E-state index is -0.696. The standard InChI is InChI=1S/C36H33FN6O4.CH2O2/c1-22(36(45)42-46)15-23-3-5-24(6-4-23)20-40-28-11-13-43(14-12-28)35-29(19-39)34(26-7-8-27(18-38)31(37)16-26)30(21-41-35)25-9-10-33(47-2)32(44)17-25;2-1-3/h3-10,15-17,21,28,40,44,46H,11-14,20H2,1-2H3,(H,42,45);1H,(H,2,3)/b22-15+;. The molecule has 50 heavy (non-hydrogen) atoms. The highest BCUT2D eigenvalue weighted by molar-refractivity contribution is 5.96. The number of aromatic nitrogens is 1. The first-order valence-corrected chi connectivity index (χ1v) is 15.5. The van der Waals surface area contributed by atoms with E-state index in [1.165, 1.54) is 25.3 Å². The van der Waals surface area contributed by atoms with Crippen LogP contribution in [0.4, 0.5) is 10.2 Å². The SMILES string of the molecule is COc1ccc(-c2cnc(N3CCC(NCc4ccc(/C=C(\C)C(=O)NO)cc4)CC3)c(C#N)c2-c2ccc(C#N)c(F)c2)cc1O.O=CO. The monoisotopic (exact) mass is 678 g/mol. The van der Waals surface area contributed by atoms with Crippen LogP contribution in [0, 0.1) is 28.5 Å². The van der Waals surface area contributed by atoms with E-state index >= 15 is 0 Å². The molecule has 1 aliphatic heterocycles. The van der Waals surface area contributed by atoms with Crippen molar-refractivity contribution in [1.82, 2.24) is 15.8 Å². The number of pyridine rings is 1. The minimum Gasteiger partial charge on any atom is -0.504 e. The summed E-state index contributed by atoms with van der Waals surface area (Å²) in [6.45, 7) is 3.31. The molecule has 5 N–H and O–H groups in total. The average molecular weight is 679 g/mol. The Balaban J connectivity index is 0.00000181. The molecule has 0 spiro atoms. The van der Waals surface area contributed by atoms with Crippen LogP contribution in [0.25, 0.3) is 28.3 Å². The molecule has 256 valence electrons. The van der Waals surface area contributed by atoms with Gasteiger partial charge in [0.05, 0.1) is 12.7 Å². The first kappa shape index (κ1) is 36.6. The van der Waals surface area contributed by atoms with Gasteiger partial charge in [-0.2, -0.15) is 10.5 Å². The number of hydroxylamine groups is 1. The molecule has 0 unspecified atom stereocenters. The number of carbonyl (C=O) groups is 2. The molecule has 1 saturated heterocycles. The number of aromatic hydroxyl groups is 1. The Morgan fingerprint density at radius 1 is 1.08 bits per heavy atom. The minimum absolute atomic E-state index is 0.0888. The molecule has 2 heterocycles. The van der Waals surface area contributed by atoms with Gasteiger partial charge >= 0.3 is 0 Å². The molecule has 1 amide bonds. The lowest BCUT2D eigenvalue weighted by Gasteiger charge is -2.34. The number of phenolic OH excluding ortho intramolecular Hbond substituents is 1. The quantitative estimate of drug-likeness (QED) is 0.0661. The fourth-order valence-corrected chi connectivity index (χ4v) is 5.68. The fourth-order valence-electron chi connectivity index (χ4n) is 5.68. The van der Waals surface area contributed by atoms with Crippen molar-refractivity contribution >= 4 is 24.3 Å². The number of carbonyl (C=O) groups excluding carboxylic acids is 1. The van der Waals surface area contributed by atoms with Gasteiger partial charge in [0.15, 0.2) is 11.5 Å². The third-order valence-corrected chi connectivity index (χ3v) is 8.25. The predicted octanol–water partition coefficient (Wildman–Crippen LogP) is 5.38. The molecule has 0 bridgehead atoms. The van der Waals surface area contributed by atoms with Crippen LogP contribution in [0.2, 0.25) is 0 Å². The molecule has 1 aliphatic rings. The Kier molecular flexibility index (Phi) is 12.6. The van der Waals surface area contributed by atoms with Gasteiger partial charge < -0.3 is 25.2 Å². The van der Waals surface area contributed by atoms with Crippen LogP contribution in [0.15, 0.2) is 72.4 Å². The molecule has 3 aromatic carbocycles. The maximum atomic E-state index is 14.9. The number of anilines is 1. The smallest absolute Gasteiger partial charge is 0.290 e. The number of benzene rings is 3. The first-order chi connectivity index (χ1) is 24.2.